The second-order valence-corrected chi connectivity index (χ2v) is 1.31. The van der Waals surface area contributed by atoms with Crippen LogP contribution in [0.2, 0.25) is 0 Å². The van der Waals surface area contributed by atoms with Crippen LogP contribution in [0.1, 0.15) is 13.8 Å². The second-order valence-electron chi connectivity index (χ2n) is 1.31. The van der Waals surface area contributed by atoms with Crippen molar-refractivity contribution in [1.29, 1.82) is 0 Å². The molecule has 8 heavy (non-hydrogen) atoms. The van der Waals surface area contributed by atoms with Gasteiger partial charge in [0.15, 0.2) is 0 Å². The van der Waals surface area contributed by atoms with Gasteiger partial charge in [0, 0.05) is 13.3 Å². The zero-order chi connectivity index (χ0) is 6.41. The van der Waals surface area contributed by atoms with Gasteiger partial charge in [0.05, 0.1) is 0 Å². The first kappa shape index (κ1) is 7.21. The van der Waals surface area contributed by atoms with Crippen molar-refractivity contribution in [2.75, 3.05) is 7.05 Å². The fourth-order valence-electron chi connectivity index (χ4n) is 0.423. The molecule has 0 aliphatic rings. The van der Waals surface area contributed by atoms with Crippen LogP contribution in [0.15, 0.2) is 16.9 Å². The monoisotopic (exact) mass is 112 g/mol. The Balaban J connectivity index is 3.72. The fraction of sp³-hybridized carbons (Fsp3) is 0.500. The summed E-state index contributed by atoms with van der Waals surface area (Å²) in [5.74, 6) is 0.910. The summed E-state index contributed by atoms with van der Waals surface area (Å²) in [6.45, 7) is 3.83. The Morgan fingerprint density at radius 2 is 2.12 bits per heavy atom. The molecule has 0 aliphatic carbocycles. The van der Waals surface area contributed by atoms with Gasteiger partial charge < -0.3 is 5.32 Å². The minimum Gasteiger partial charge on any atom is -0.373 e. The van der Waals surface area contributed by atoms with E-state index >= 15 is 0 Å². The van der Waals surface area contributed by atoms with E-state index < -0.39 is 0 Å². The highest BCUT2D eigenvalue weighted by molar-refractivity contribution is 5.55. The number of allylic oxidation sites excluding steroid dienone is 1. The largest absolute Gasteiger partial charge is 0.373 e. The van der Waals surface area contributed by atoms with Gasteiger partial charge in [0.2, 0.25) is 0 Å². The summed E-state index contributed by atoms with van der Waals surface area (Å²) in [7, 11) is 1.85. The summed E-state index contributed by atoms with van der Waals surface area (Å²) in [5.41, 5.74) is 0. The van der Waals surface area contributed by atoms with Gasteiger partial charge in [-0.2, -0.15) is 0 Å². The number of nitrogens with one attached hydrogen (secondary N) is 1. The van der Waals surface area contributed by atoms with E-state index in [1.807, 2.05) is 27.0 Å². The van der Waals surface area contributed by atoms with Gasteiger partial charge in [-0.05, 0) is 19.9 Å². The molecule has 0 spiro atoms. The highest BCUT2D eigenvalue weighted by atomic mass is 15.0. The molecule has 0 aromatic heterocycles. The highest BCUT2D eigenvalue weighted by Crippen LogP contribution is 1.85. The Bertz CT molecular complexity index is 100. The number of nitrogens with zero attached hydrogens (tertiary/aromatic N) is 1. The molecule has 0 atom stereocenters. The van der Waals surface area contributed by atoms with Crippen molar-refractivity contribution >= 4 is 6.21 Å². The van der Waals surface area contributed by atoms with Crippen LogP contribution < -0.4 is 5.32 Å². The van der Waals surface area contributed by atoms with E-state index in [9.17, 15) is 0 Å². The Labute approximate surface area is 50.3 Å². The number of hydrogen-bond acceptors (Lipinski definition) is 2. The Kier molecular flexibility index (Phi) is 3.94. The van der Waals surface area contributed by atoms with Gasteiger partial charge in [0.25, 0.3) is 0 Å². The molecule has 0 bridgehead atoms. The topological polar surface area (TPSA) is 24.4 Å². The summed E-state index contributed by atoms with van der Waals surface area (Å²) in [6, 6.07) is 0. The van der Waals surface area contributed by atoms with Crippen LogP contribution in [-0.4, -0.2) is 13.3 Å². The maximum atomic E-state index is 3.99. The van der Waals surface area contributed by atoms with Crippen molar-refractivity contribution in [3.63, 3.8) is 0 Å². The van der Waals surface area contributed by atoms with Gasteiger partial charge >= 0.3 is 0 Å². The summed E-state index contributed by atoms with van der Waals surface area (Å²) in [4.78, 5) is 3.99. The summed E-state index contributed by atoms with van der Waals surface area (Å²) in [5, 5.41) is 2.92. The quantitative estimate of drug-likeness (QED) is 0.532. The molecule has 1 N–H and O–H groups in total. The van der Waals surface area contributed by atoms with Crippen LogP contribution in [0.3, 0.4) is 0 Å². The molecular formula is C6H12N2. The first-order valence-electron chi connectivity index (χ1n) is 2.68. The predicted molar refractivity (Wildman–Crippen MR) is 37.0 cm³/mol. The lowest BCUT2D eigenvalue weighted by Gasteiger charge is -1.94. The molecule has 0 saturated heterocycles. The number of hydrogen-bond donors (Lipinski definition) is 1. The fourth-order valence-corrected chi connectivity index (χ4v) is 0.423. The van der Waals surface area contributed by atoms with Gasteiger partial charge in [-0.3, -0.25) is 0 Å². The Morgan fingerprint density at radius 3 is 2.25 bits per heavy atom. The zero-order valence-corrected chi connectivity index (χ0v) is 5.60. The van der Waals surface area contributed by atoms with Crippen LogP contribution >= 0.6 is 0 Å². The van der Waals surface area contributed by atoms with Crippen molar-refractivity contribution in [2.24, 2.45) is 4.99 Å². The van der Waals surface area contributed by atoms with Crippen LogP contribution in [0.5, 0.6) is 0 Å². The average molecular weight is 112 g/mol. The lowest BCUT2D eigenvalue weighted by atomic mass is 10.6. The standard InChI is InChI=1S/C6H12N2/c1-4-6(7-3)8-5-2/h4-5,7H,1-3H3/b6-4-,8-5-. The van der Waals surface area contributed by atoms with Crippen LogP contribution in [-0.2, 0) is 0 Å². The van der Waals surface area contributed by atoms with E-state index in [1.54, 1.807) is 6.21 Å². The van der Waals surface area contributed by atoms with Crippen molar-refractivity contribution in [2.45, 2.75) is 13.8 Å². The zero-order valence-electron chi connectivity index (χ0n) is 5.60. The van der Waals surface area contributed by atoms with Gasteiger partial charge in [0.1, 0.15) is 5.82 Å². The molecule has 0 amide bonds. The van der Waals surface area contributed by atoms with Crippen LogP contribution in [0.4, 0.5) is 0 Å². The van der Waals surface area contributed by atoms with Crippen LogP contribution in [0.25, 0.3) is 0 Å². The molecule has 2 heteroatoms. The molecule has 0 rings (SSSR count). The number of rotatable bonds is 2. The first-order chi connectivity index (χ1) is 3.85. The summed E-state index contributed by atoms with van der Waals surface area (Å²) in [6.07, 6.45) is 3.67. The van der Waals surface area contributed by atoms with E-state index in [0.29, 0.717) is 0 Å². The molecule has 0 saturated carbocycles. The number of aliphatic imine (C=N–C) groups is 1. The third-order valence-electron chi connectivity index (χ3n) is 0.798. The molecule has 46 valence electrons. The molecule has 0 radical (unpaired) electrons. The lowest BCUT2D eigenvalue weighted by molar-refractivity contribution is 0.962. The maximum Gasteiger partial charge on any atom is 0.120 e. The summed E-state index contributed by atoms with van der Waals surface area (Å²) >= 11 is 0. The molecule has 0 aromatic rings. The van der Waals surface area contributed by atoms with E-state index in [-0.39, 0.29) is 0 Å². The predicted octanol–water partition coefficient (Wildman–Crippen LogP) is 1.16. The van der Waals surface area contributed by atoms with Gasteiger partial charge in [-0.25, -0.2) is 4.99 Å². The minimum absolute atomic E-state index is 0.910. The third kappa shape index (κ3) is 2.39. The SMILES string of the molecule is C/C=N\C(=C/C)NC. The molecule has 0 fully saturated rings. The molecule has 0 aromatic carbocycles. The second kappa shape index (κ2) is 4.37. The summed E-state index contributed by atoms with van der Waals surface area (Å²) < 4.78 is 0. The van der Waals surface area contributed by atoms with E-state index in [0.717, 1.165) is 5.82 Å². The Hall–Kier alpha value is -0.790. The molecule has 0 heterocycles. The van der Waals surface area contributed by atoms with Gasteiger partial charge in [-0.1, -0.05) is 0 Å². The molecule has 2 nitrogen and oxygen atoms in total. The molecular weight excluding hydrogens is 100 g/mol. The average Bonchev–Trinajstić information content (AvgIpc) is 1.83. The maximum absolute atomic E-state index is 3.99. The van der Waals surface area contributed by atoms with Crippen molar-refractivity contribution in [3.05, 3.63) is 11.9 Å². The third-order valence-corrected chi connectivity index (χ3v) is 0.798. The van der Waals surface area contributed by atoms with Crippen LogP contribution in [0, 0.1) is 0 Å². The minimum atomic E-state index is 0.910. The normalized spacial score (nSPS) is 12.6. The van der Waals surface area contributed by atoms with E-state index in [1.165, 1.54) is 0 Å². The smallest absolute Gasteiger partial charge is 0.120 e. The van der Waals surface area contributed by atoms with E-state index in [4.69, 9.17) is 0 Å². The van der Waals surface area contributed by atoms with Crippen molar-refractivity contribution in [1.82, 2.24) is 5.32 Å². The molecule has 0 aliphatic heterocycles. The van der Waals surface area contributed by atoms with Crippen molar-refractivity contribution < 1.29 is 0 Å². The Morgan fingerprint density at radius 1 is 1.50 bits per heavy atom. The highest BCUT2D eigenvalue weighted by Gasteiger charge is 1.78. The molecule has 0 unspecified atom stereocenters. The van der Waals surface area contributed by atoms with Gasteiger partial charge in [-0.15, -0.1) is 0 Å². The van der Waals surface area contributed by atoms with E-state index in [2.05, 4.69) is 10.3 Å². The lowest BCUT2D eigenvalue weighted by Crippen LogP contribution is -2.02. The first-order valence-corrected chi connectivity index (χ1v) is 2.68. The van der Waals surface area contributed by atoms with Crippen molar-refractivity contribution in [3.8, 4) is 0 Å².